The molecule has 0 aliphatic heterocycles. The van der Waals surface area contributed by atoms with Gasteiger partial charge in [0.05, 0.1) is 5.69 Å². The molecule has 0 radical (unpaired) electrons. The molecule has 2 aromatic carbocycles. The van der Waals surface area contributed by atoms with E-state index in [1.54, 1.807) is 37.3 Å². The highest BCUT2D eigenvalue weighted by atomic mass is 16.5. The number of ether oxygens (including phenoxy) is 2. The third kappa shape index (κ3) is 4.97. The molecule has 0 bridgehead atoms. The standard InChI is InChI=1S/C24H23N3O5/c1-15-4-7-21(10-16(15)2)31-14-23(28)26-18-5-8-20(9-6-18)30-13-19-12-24(29)27-22(25-19)11-17(3)32-27/h4-12H,13-14H2,1-3H3,(H,26,28). The Morgan fingerprint density at radius 1 is 0.969 bits per heavy atom. The van der Waals surface area contributed by atoms with E-state index in [2.05, 4.69) is 10.3 Å². The van der Waals surface area contributed by atoms with Gasteiger partial charge in [-0.3, -0.25) is 9.59 Å². The molecular formula is C24H23N3O5. The van der Waals surface area contributed by atoms with Gasteiger partial charge in [0.2, 0.25) is 0 Å². The van der Waals surface area contributed by atoms with E-state index in [1.165, 1.54) is 11.6 Å². The number of nitrogens with one attached hydrogen (secondary N) is 1. The van der Waals surface area contributed by atoms with E-state index in [1.807, 2.05) is 32.0 Å². The summed E-state index contributed by atoms with van der Waals surface area (Å²) in [6, 6.07) is 15.7. The van der Waals surface area contributed by atoms with Crippen LogP contribution in [0.15, 0.2) is 63.9 Å². The lowest BCUT2D eigenvalue weighted by molar-refractivity contribution is -0.118. The van der Waals surface area contributed by atoms with Crippen LogP contribution in [0.3, 0.4) is 0 Å². The minimum absolute atomic E-state index is 0.0854. The van der Waals surface area contributed by atoms with Gasteiger partial charge in [-0.05, 0) is 68.3 Å². The predicted octanol–water partition coefficient (Wildman–Crippen LogP) is 3.81. The third-order valence-electron chi connectivity index (χ3n) is 4.90. The quantitative estimate of drug-likeness (QED) is 0.476. The molecule has 8 nitrogen and oxygen atoms in total. The number of carbonyl (C=O) groups excluding carboxylic acids is 1. The van der Waals surface area contributed by atoms with Crippen LogP contribution in [0.2, 0.25) is 0 Å². The highest BCUT2D eigenvalue weighted by molar-refractivity contribution is 5.91. The van der Waals surface area contributed by atoms with E-state index in [-0.39, 0.29) is 24.7 Å². The lowest BCUT2D eigenvalue weighted by atomic mass is 10.1. The maximum Gasteiger partial charge on any atom is 0.287 e. The van der Waals surface area contributed by atoms with Crippen molar-refractivity contribution in [3.05, 3.63) is 87.5 Å². The van der Waals surface area contributed by atoms with Crippen molar-refractivity contribution in [2.45, 2.75) is 27.4 Å². The van der Waals surface area contributed by atoms with E-state index in [9.17, 15) is 9.59 Å². The van der Waals surface area contributed by atoms with Crippen LogP contribution < -0.4 is 20.3 Å². The topological polar surface area (TPSA) is 95.1 Å². The molecule has 0 atom stereocenters. The SMILES string of the molecule is Cc1cc2nc(COc3ccc(NC(=O)COc4ccc(C)c(C)c4)cc3)cc(=O)n2o1. The molecule has 1 N–H and O–H groups in total. The smallest absolute Gasteiger partial charge is 0.287 e. The van der Waals surface area contributed by atoms with E-state index >= 15 is 0 Å². The Morgan fingerprint density at radius 2 is 1.72 bits per heavy atom. The zero-order valence-electron chi connectivity index (χ0n) is 18.0. The van der Waals surface area contributed by atoms with Crippen molar-refractivity contribution < 1.29 is 18.8 Å². The number of rotatable bonds is 7. The molecule has 1 amide bonds. The van der Waals surface area contributed by atoms with Crippen molar-refractivity contribution in [1.29, 1.82) is 0 Å². The Hall–Kier alpha value is -4.07. The summed E-state index contributed by atoms with van der Waals surface area (Å²) in [4.78, 5) is 28.6. The minimum Gasteiger partial charge on any atom is -0.487 e. The van der Waals surface area contributed by atoms with Crippen molar-refractivity contribution in [3.8, 4) is 11.5 Å². The largest absolute Gasteiger partial charge is 0.487 e. The molecule has 0 aliphatic carbocycles. The van der Waals surface area contributed by atoms with Gasteiger partial charge in [-0.25, -0.2) is 4.98 Å². The molecule has 4 aromatic rings. The Labute approximate surface area is 184 Å². The molecule has 0 saturated carbocycles. The van der Waals surface area contributed by atoms with Crippen LogP contribution in [0.25, 0.3) is 5.65 Å². The number of carbonyl (C=O) groups is 1. The summed E-state index contributed by atoms with van der Waals surface area (Å²) in [5.74, 6) is 1.58. The van der Waals surface area contributed by atoms with Crippen molar-refractivity contribution in [3.63, 3.8) is 0 Å². The van der Waals surface area contributed by atoms with Crippen LogP contribution in [0.1, 0.15) is 22.6 Å². The van der Waals surface area contributed by atoms with Gasteiger partial charge in [0, 0.05) is 17.8 Å². The second-order valence-electron chi connectivity index (χ2n) is 7.48. The molecule has 0 fully saturated rings. The fourth-order valence-corrected chi connectivity index (χ4v) is 3.09. The maximum absolute atomic E-state index is 12.2. The number of hydrogen-bond donors (Lipinski definition) is 1. The first-order valence-electron chi connectivity index (χ1n) is 10.1. The van der Waals surface area contributed by atoms with Gasteiger partial charge in [-0.15, -0.1) is 4.57 Å². The van der Waals surface area contributed by atoms with Crippen molar-refractivity contribution >= 4 is 17.2 Å². The molecule has 0 spiro atoms. The lowest BCUT2D eigenvalue weighted by Crippen LogP contribution is -2.20. The summed E-state index contributed by atoms with van der Waals surface area (Å²) in [5.41, 5.74) is 3.54. The average Bonchev–Trinajstić information content (AvgIpc) is 3.15. The summed E-state index contributed by atoms with van der Waals surface area (Å²) < 4.78 is 17.7. The van der Waals surface area contributed by atoms with Crippen LogP contribution >= 0.6 is 0 Å². The van der Waals surface area contributed by atoms with E-state index in [0.717, 1.165) is 10.1 Å². The average molecular weight is 433 g/mol. The fourth-order valence-electron chi connectivity index (χ4n) is 3.09. The summed E-state index contributed by atoms with van der Waals surface area (Å²) >= 11 is 0. The van der Waals surface area contributed by atoms with Crippen LogP contribution in [-0.4, -0.2) is 22.1 Å². The number of nitrogens with zero attached hydrogens (tertiary/aromatic N) is 2. The van der Waals surface area contributed by atoms with Crippen LogP contribution in [0, 0.1) is 20.8 Å². The summed E-state index contributed by atoms with van der Waals surface area (Å²) in [6.07, 6.45) is 0. The number of aromatic nitrogens is 2. The third-order valence-corrected chi connectivity index (χ3v) is 4.90. The Morgan fingerprint density at radius 3 is 2.47 bits per heavy atom. The molecule has 0 aliphatic rings. The maximum atomic E-state index is 12.2. The van der Waals surface area contributed by atoms with Crippen LogP contribution in [-0.2, 0) is 11.4 Å². The summed E-state index contributed by atoms with van der Waals surface area (Å²) in [7, 11) is 0. The summed E-state index contributed by atoms with van der Waals surface area (Å²) in [6.45, 7) is 5.82. The molecular weight excluding hydrogens is 410 g/mol. The fraction of sp³-hybridized carbons (Fsp3) is 0.208. The number of fused-ring (bicyclic) bond motifs is 1. The first-order valence-corrected chi connectivity index (χ1v) is 10.1. The second kappa shape index (κ2) is 8.97. The van der Waals surface area contributed by atoms with Gasteiger partial charge < -0.3 is 19.3 Å². The number of benzene rings is 2. The Kier molecular flexibility index (Phi) is 5.93. The predicted molar refractivity (Wildman–Crippen MR) is 119 cm³/mol. The number of aryl methyl sites for hydroxylation is 3. The zero-order valence-corrected chi connectivity index (χ0v) is 18.0. The zero-order chi connectivity index (χ0) is 22.7. The van der Waals surface area contributed by atoms with Gasteiger partial charge in [0.1, 0.15) is 23.9 Å². The van der Waals surface area contributed by atoms with Gasteiger partial charge in [0.25, 0.3) is 11.5 Å². The number of anilines is 1. The molecule has 2 aromatic heterocycles. The highest BCUT2D eigenvalue weighted by Crippen LogP contribution is 2.18. The molecule has 164 valence electrons. The van der Waals surface area contributed by atoms with Gasteiger partial charge in [-0.2, -0.15) is 0 Å². The molecule has 0 saturated heterocycles. The number of amides is 1. The molecule has 4 rings (SSSR count). The van der Waals surface area contributed by atoms with Crippen LogP contribution in [0.4, 0.5) is 5.69 Å². The number of hydrogen-bond acceptors (Lipinski definition) is 6. The Balaban J connectivity index is 1.30. The van der Waals surface area contributed by atoms with Gasteiger partial charge in [0.15, 0.2) is 12.3 Å². The van der Waals surface area contributed by atoms with E-state index < -0.39 is 0 Å². The lowest BCUT2D eigenvalue weighted by Gasteiger charge is -2.10. The van der Waals surface area contributed by atoms with Crippen molar-refractivity contribution in [2.24, 2.45) is 0 Å². The van der Waals surface area contributed by atoms with Crippen LogP contribution in [0.5, 0.6) is 11.5 Å². The van der Waals surface area contributed by atoms with E-state index in [0.29, 0.717) is 34.3 Å². The van der Waals surface area contributed by atoms with Gasteiger partial charge >= 0.3 is 0 Å². The minimum atomic E-state index is -0.303. The molecule has 8 heteroatoms. The first-order chi connectivity index (χ1) is 15.4. The highest BCUT2D eigenvalue weighted by Gasteiger charge is 2.08. The first kappa shape index (κ1) is 21.2. The monoisotopic (exact) mass is 433 g/mol. The normalized spacial score (nSPS) is 10.8. The molecule has 0 unspecified atom stereocenters. The Bertz CT molecular complexity index is 1320. The van der Waals surface area contributed by atoms with Gasteiger partial charge in [-0.1, -0.05) is 6.07 Å². The van der Waals surface area contributed by atoms with Crippen molar-refractivity contribution in [2.75, 3.05) is 11.9 Å². The second-order valence-corrected chi connectivity index (χ2v) is 7.48. The van der Waals surface area contributed by atoms with E-state index in [4.69, 9.17) is 14.0 Å². The van der Waals surface area contributed by atoms with Crippen molar-refractivity contribution in [1.82, 2.24) is 9.56 Å². The molecule has 32 heavy (non-hydrogen) atoms. The molecule has 2 heterocycles. The summed E-state index contributed by atoms with van der Waals surface area (Å²) in [5, 5.41) is 2.78.